The number of carbonyl (C=O) groups is 1. The molecule has 5 nitrogen and oxygen atoms in total. The van der Waals surface area contributed by atoms with Gasteiger partial charge in [0.15, 0.2) is 5.16 Å². The molecule has 1 amide bonds. The van der Waals surface area contributed by atoms with Crippen LogP contribution in [0.25, 0.3) is 10.2 Å². The zero-order valence-electron chi connectivity index (χ0n) is 14.1. The van der Waals surface area contributed by atoms with E-state index >= 15 is 0 Å². The Morgan fingerprint density at radius 3 is 2.76 bits per heavy atom. The predicted octanol–water partition coefficient (Wildman–Crippen LogP) is 3.51. The highest BCUT2D eigenvalue weighted by molar-refractivity contribution is 7.99. The monoisotopic (exact) mass is 373 g/mol. The second kappa shape index (κ2) is 7.84. The van der Waals surface area contributed by atoms with Crippen molar-refractivity contribution in [3.63, 3.8) is 0 Å². The highest BCUT2D eigenvalue weighted by Gasteiger charge is 2.18. The molecule has 0 aliphatic carbocycles. The summed E-state index contributed by atoms with van der Waals surface area (Å²) in [6, 6.07) is 11.8. The van der Waals surface area contributed by atoms with Gasteiger partial charge in [-0.1, -0.05) is 42.1 Å². The van der Waals surface area contributed by atoms with Gasteiger partial charge in [-0.25, -0.2) is 4.98 Å². The number of carbonyl (C=O) groups excluding carboxylic acids is 1. The van der Waals surface area contributed by atoms with Crippen LogP contribution in [0, 0.1) is 0 Å². The molecule has 0 unspecified atom stereocenters. The van der Waals surface area contributed by atoms with Gasteiger partial charge in [-0.2, -0.15) is 0 Å². The molecular formula is C18H19N3O2S2. The molecule has 0 bridgehead atoms. The topological polar surface area (TPSA) is 66.1 Å². The smallest absolute Gasteiger partial charge is 0.260 e. The molecule has 0 radical (unpaired) electrons. The van der Waals surface area contributed by atoms with Crippen molar-refractivity contribution in [1.82, 2.24) is 14.9 Å². The Balaban J connectivity index is 1.69. The van der Waals surface area contributed by atoms with E-state index in [2.05, 4.69) is 9.97 Å². The van der Waals surface area contributed by atoms with Crippen molar-refractivity contribution in [2.75, 3.05) is 5.75 Å². The summed E-state index contributed by atoms with van der Waals surface area (Å²) in [6.07, 6.45) is 0. The SMILES string of the molecule is CC(C)N(Cc1ccccc1)C(=O)CSc1nc2sccc2c(=O)[nH]1. The van der Waals surface area contributed by atoms with Crippen molar-refractivity contribution >= 4 is 39.2 Å². The lowest BCUT2D eigenvalue weighted by molar-refractivity contribution is -0.130. The molecule has 0 saturated heterocycles. The Bertz CT molecular complexity index is 919. The van der Waals surface area contributed by atoms with Gasteiger partial charge in [0, 0.05) is 12.6 Å². The van der Waals surface area contributed by atoms with Crippen LogP contribution in [0.4, 0.5) is 0 Å². The largest absolute Gasteiger partial charge is 0.335 e. The summed E-state index contributed by atoms with van der Waals surface area (Å²) in [5, 5.41) is 2.91. The Kier molecular flexibility index (Phi) is 5.55. The van der Waals surface area contributed by atoms with E-state index in [0.717, 1.165) is 5.56 Å². The van der Waals surface area contributed by atoms with E-state index < -0.39 is 0 Å². The minimum atomic E-state index is -0.161. The quantitative estimate of drug-likeness (QED) is 0.530. The summed E-state index contributed by atoms with van der Waals surface area (Å²) < 4.78 is 0. The van der Waals surface area contributed by atoms with Crippen LogP contribution in [-0.2, 0) is 11.3 Å². The van der Waals surface area contributed by atoms with Gasteiger partial charge in [0.2, 0.25) is 5.91 Å². The number of rotatable bonds is 6. The van der Waals surface area contributed by atoms with Crippen LogP contribution in [0.1, 0.15) is 19.4 Å². The van der Waals surface area contributed by atoms with Crippen molar-refractivity contribution < 1.29 is 4.79 Å². The number of amides is 1. The number of hydrogen-bond acceptors (Lipinski definition) is 5. The molecule has 1 aromatic carbocycles. The van der Waals surface area contributed by atoms with Crippen molar-refractivity contribution in [2.24, 2.45) is 0 Å². The fraction of sp³-hybridized carbons (Fsp3) is 0.278. The van der Waals surface area contributed by atoms with Crippen LogP contribution in [0.2, 0.25) is 0 Å². The predicted molar refractivity (Wildman–Crippen MR) is 103 cm³/mol. The van der Waals surface area contributed by atoms with Gasteiger partial charge in [0.1, 0.15) is 4.83 Å². The maximum atomic E-state index is 12.6. The van der Waals surface area contributed by atoms with Crippen LogP contribution in [0.15, 0.2) is 51.7 Å². The van der Waals surface area contributed by atoms with Gasteiger partial charge in [-0.15, -0.1) is 11.3 Å². The van der Waals surface area contributed by atoms with E-state index in [-0.39, 0.29) is 23.3 Å². The minimum absolute atomic E-state index is 0.0257. The molecule has 0 saturated carbocycles. The Hall–Kier alpha value is -2.12. The highest BCUT2D eigenvalue weighted by Crippen LogP contribution is 2.20. The molecule has 0 fully saturated rings. The fourth-order valence-electron chi connectivity index (χ4n) is 2.47. The van der Waals surface area contributed by atoms with E-state index in [4.69, 9.17) is 0 Å². The molecule has 3 aromatic rings. The Morgan fingerprint density at radius 1 is 1.28 bits per heavy atom. The number of aromatic nitrogens is 2. The third-order valence-electron chi connectivity index (χ3n) is 3.78. The van der Waals surface area contributed by atoms with Crippen LogP contribution >= 0.6 is 23.1 Å². The lowest BCUT2D eigenvalue weighted by Gasteiger charge is -2.26. The third-order valence-corrected chi connectivity index (χ3v) is 5.45. The Labute approximate surface area is 154 Å². The molecule has 3 rings (SSSR count). The fourth-order valence-corrected chi connectivity index (χ4v) is 4.03. The van der Waals surface area contributed by atoms with Gasteiger partial charge in [0.05, 0.1) is 11.1 Å². The molecule has 130 valence electrons. The zero-order chi connectivity index (χ0) is 17.8. The van der Waals surface area contributed by atoms with Crippen molar-refractivity contribution in [2.45, 2.75) is 31.6 Å². The molecule has 7 heteroatoms. The third kappa shape index (κ3) is 4.29. The molecule has 2 aromatic heterocycles. The van der Waals surface area contributed by atoms with E-state index in [1.54, 1.807) is 6.07 Å². The van der Waals surface area contributed by atoms with E-state index in [1.165, 1.54) is 23.1 Å². The molecular weight excluding hydrogens is 354 g/mol. The average molecular weight is 374 g/mol. The van der Waals surface area contributed by atoms with Crippen molar-refractivity contribution in [1.29, 1.82) is 0 Å². The summed E-state index contributed by atoms with van der Waals surface area (Å²) in [5.41, 5.74) is 0.937. The van der Waals surface area contributed by atoms with Gasteiger partial charge in [-0.05, 0) is 30.9 Å². The first kappa shape index (κ1) is 17.7. The van der Waals surface area contributed by atoms with Crippen LogP contribution in [0.5, 0.6) is 0 Å². The van der Waals surface area contributed by atoms with Crippen LogP contribution < -0.4 is 5.56 Å². The number of nitrogens with zero attached hydrogens (tertiary/aromatic N) is 2. The van der Waals surface area contributed by atoms with Crippen molar-refractivity contribution in [3.05, 3.63) is 57.7 Å². The first-order valence-corrected chi connectivity index (χ1v) is 9.85. The van der Waals surface area contributed by atoms with Gasteiger partial charge >= 0.3 is 0 Å². The molecule has 0 spiro atoms. The molecule has 1 N–H and O–H groups in total. The summed E-state index contributed by atoms with van der Waals surface area (Å²) in [7, 11) is 0. The van der Waals surface area contributed by atoms with Gasteiger partial charge in [0.25, 0.3) is 5.56 Å². The second-order valence-electron chi connectivity index (χ2n) is 5.90. The highest BCUT2D eigenvalue weighted by atomic mass is 32.2. The van der Waals surface area contributed by atoms with E-state index in [0.29, 0.717) is 21.9 Å². The maximum absolute atomic E-state index is 12.6. The summed E-state index contributed by atoms with van der Waals surface area (Å²) in [4.78, 5) is 34.3. The number of nitrogens with one attached hydrogen (secondary N) is 1. The number of thiophene rings is 1. The van der Waals surface area contributed by atoms with Crippen LogP contribution in [-0.4, -0.2) is 32.6 Å². The Morgan fingerprint density at radius 2 is 2.04 bits per heavy atom. The van der Waals surface area contributed by atoms with E-state index in [1.807, 2.05) is 54.5 Å². The lowest BCUT2D eigenvalue weighted by atomic mass is 10.2. The van der Waals surface area contributed by atoms with Gasteiger partial charge in [-0.3, -0.25) is 9.59 Å². The molecule has 0 atom stereocenters. The van der Waals surface area contributed by atoms with Crippen LogP contribution in [0.3, 0.4) is 0 Å². The molecule has 0 aliphatic heterocycles. The molecule has 25 heavy (non-hydrogen) atoms. The molecule has 0 aliphatic rings. The normalized spacial score (nSPS) is 11.2. The summed E-state index contributed by atoms with van der Waals surface area (Å²) in [5.74, 6) is 0.267. The molecule has 2 heterocycles. The lowest BCUT2D eigenvalue weighted by Crippen LogP contribution is -2.37. The minimum Gasteiger partial charge on any atom is -0.335 e. The first-order valence-electron chi connectivity index (χ1n) is 7.98. The standard InChI is InChI=1S/C18H19N3O2S2/c1-12(2)21(10-13-6-4-3-5-7-13)15(22)11-25-18-19-16(23)14-8-9-24-17(14)20-18/h3-9,12H,10-11H2,1-2H3,(H,19,20,23). The average Bonchev–Trinajstić information content (AvgIpc) is 3.07. The summed E-state index contributed by atoms with van der Waals surface area (Å²) >= 11 is 2.69. The summed E-state index contributed by atoms with van der Waals surface area (Å²) in [6.45, 7) is 4.58. The second-order valence-corrected chi connectivity index (χ2v) is 7.76. The zero-order valence-corrected chi connectivity index (χ0v) is 15.7. The van der Waals surface area contributed by atoms with Gasteiger partial charge < -0.3 is 9.88 Å². The number of thioether (sulfide) groups is 1. The van der Waals surface area contributed by atoms with Crippen molar-refractivity contribution in [3.8, 4) is 0 Å². The number of H-pyrrole nitrogens is 1. The number of aromatic amines is 1. The number of benzene rings is 1. The first-order chi connectivity index (χ1) is 12.0. The maximum Gasteiger partial charge on any atom is 0.260 e. The van der Waals surface area contributed by atoms with E-state index in [9.17, 15) is 9.59 Å². The number of fused-ring (bicyclic) bond motifs is 1. The number of hydrogen-bond donors (Lipinski definition) is 1.